The standard InChI is InChI=1S/C10H17NO2/c12-10-9(4-7-13-10)8-11-5-2-1-3-6-11/h9H,1-8H2/t9-/m1/s1. The van der Waals surface area contributed by atoms with Crippen LogP contribution in [0.5, 0.6) is 0 Å². The number of nitrogens with zero attached hydrogens (tertiary/aromatic N) is 1. The second-order valence-corrected chi connectivity index (χ2v) is 4.01. The van der Waals surface area contributed by atoms with Crippen LogP contribution < -0.4 is 0 Å². The minimum atomic E-state index is 0.0190. The lowest BCUT2D eigenvalue weighted by Gasteiger charge is -2.27. The Labute approximate surface area is 79.0 Å². The summed E-state index contributed by atoms with van der Waals surface area (Å²) in [5.74, 6) is 0.184. The molecule has 2 aliphatic heterocycles. The highest BCUT2D eigenvalue weighted by Gasteiger charge is 2.28. The first-order chi connectivity index (χ1) is 6.36. The van der Waals surface area contributed by atoms with Crippen LogP contribution in [0.1, 0.15) is 25.7 Å². The Balaban J connectivity index is 1.79. The zero-order chi connectivity index (χ0) is 9.10. The quantitative estimate of drug-likeness (QED) is 0.599. The molecule has 2 rings (SSSR count). The van der Waals surface area contributed by atoms with Gasteiger partial charge in [0.1, 0.15) is 0 Å². The SMILES string of the molecule is O=C1OCC[C@@H]1CN1CCCCC1. The molecule has 0 saturated carbocycles. The average molecular weight is 183 g/mol. The Bertz CT molecular complexity index is 187. The maximum Gasteiger partial charge on any atom is 0.310 e. The molecule has 2 aliphatic rings. The molecule has 0 spiro atoms. The fourth-order valence-corrected chi connectivity index (χ4v) is 2.16. The smallest absolute Gasteiger partial charge is 0.310 e. The predicted molar refractivity (Wildman–Crippen MR) is 49.4 cm³/mol. The van der Waals surface area contributed by atoms with Crippen LogP contribution in [0.25, 0.3) is 0 Å². The highest BCUT2D eigenvalue weighted by molar-refractivity contribution is 5.74. The van der Waals surface area contributed by atoms with Crippen molar-refractivity contribution in [3.8, 4) is 0 Å². The summed E-state index contributed by atoms with van der Waals surface area (Å²) in [4.78, 5) is 13.6. The van der Waals surface area contributed by atoms with E-state index in [9.17, 15) is 4.79 Å². The van der Waals surface area contributed by atoms with Gasteiger partial charge < -0.3 is 9.64 Å². The van der Waals surface area contributed by atoms with Crippen LogP contribution >= 0.6 is 0 Å². The van der Waals surface area contributed by atoms with Gasteiger partial charge in [0.05, 0.1) is 12.5 Å². The van der Waals surface area contributed by atoms with E-state index >= 15 is 0 Å². The molecule has 74 valence electrons. The minimum Gasteiger partial charge on any atom is -0.465 e. The number of hydrogen-bond acceptors (Lipinski definition) is 3. The molecule has 2 fully saturated rings. The number of esters is 1. The van der Waals surface area contributed by atoms with E-state index < -0.39 is 0 Å². The van der Waals surface area contributed by atoms with Crippen molar-refractivity contribution in [2.45, 2.75) is 25.7 Å². The molecule has 1 atom stereocenters. The third kappa shape index (κ3) is 2.21. The Morgan fingerprint density at radius 3 is 2.69 bits per heavy atom. The largest absolute Gasteiger partial charge is 0.465 e. The maximum absolute atomic E-state index is 11.2. The number of piperidine rings is 1. The summed E-state index contributed by atoms with van der Waals surface area (Å²) < 4.78 is 4.94. The van der Waals surface area contributed by atoms with Gasteiger partial charge in [-0.2, -0.15) is 0 Å². The van der Waals surface area contributed by atoms with Gasteiger partial charge in [0.15, 0.2) is 0 Å². The monoisotopic (exact) mass is 183 g/mol. The van der Waals surface area contributed by atoms with E-state index in [-0.39, 0.29) is 11.9 Å². The molecule has 0 radical (unpaired) electrons. The molecule has 2 heterocycles. The van der Waals surface area contributed by atoms with Crippen LogP contribution in [-0.2, 0) is 9.53 Å². The van der Waals surface area contributed by atoms with Gasteiger partial charge in [-0.05, 0) is 32.4 Å². The number of hydrogen-bond donors (Lipinski definition) is 0. The number of likely N-dealkylation sites (tertiary alicyclic amines) is 1. The molecule has 0 aliphatic carbocycles. The van der Waals surface area contributed by atoms with Gasteiger partial charge in [0.25, 0.3) is 0 Å². The third-order valence-corrected chi connectivity index (χ3v) is 2.97. The lowest BCUT2D eigenvalue weighted by molar-refractivity contribution is -0.141. The van der Waals surface area contributed by atoms with Crippen molar-refractivity contribution >= 4 is 5.97 Å². The summed E-state index contributed by atoms with van der Waals surface area (Å²) in [5.41, 5.74) is 0. The van der Waals surface area contributed by atoms with Crippen LogP contribution in [0.15, 0.2) is 0 Å². The van der Waals surface area contributed by atoms with Crippen molar-refractivity contribution < 1.29 is 9.53 Å². The molecule has 0 aromatic carbocycles. The lowest BCUT2D eigenvalue weighted by Crippen LogP contribution is -2.35. The zero-order valence-electron chi connectivity index (χ0n) is 8.00. The van der Waals surface area contributed by atoms with Crippen LogP contribution in [0.3, 0.4) is 0 Å². The van der Waals surface area contributed by atoms with Gasteiger partial charge in [-0.15, -0.1) is 0 Å². The van der Waals surface area contributed by atoms with Crippen molar-refractivity contribution in [3.05, 3.63) is 0 Å². The lowest BCUT2D eigenvalue weighted by atomic mass is 10.1. The summed E-state index contributed by atoms with van der Waals surface area (Å²) in [7, 11) is 0. The molecule has 0 unspecified atom stereocenters. The van der Waals surface area contributed by atoms with Crippen molar-refractivity contribution in [2.24, 2.45) is 5.92 Å². The molecule has 0 N–H and O–H groups in total. The van der Waals surface area contributed by atoms with E-state index in [4.69, 9.17) is 4.74 Å². The van der Waals surface area contributed by atoms with Crippen molar-refractivity contribution in [2.75, 3.05) is 26.2 Å². The van der Waals surface area contributed by atoms with Gasteiger partial charge in [-0.3, -0.25) is 4.79 Å². The van der Waals surface area contributed by atoms with Gasteiger partial charge >= 0.3 is 5.97 Å². The second kappa shape index (κ2) is 4.09. The summed E-state index contributed by atoms with van der Waals surface area (Å²) in [5, 5.41) is 0. The normalized spacial score (nSPS) is 30.5. The van der Waals surface area contributed by atoms with Gasteiger partial charge in [-0.25, -0.2) is 0 Å². The second-order valence-electron chi connectivity index (χ2n) is 4.01. The molecule has 2 saturated heterocycles. The molecule has 13 heavy (non-hydrogen) atoms. The molecule has 0 aromatic heterocycles. The average Bonchev–Trinajstić information content (AvgIpc) is 2.54. The molecule has 3 heteroatoms. The van der Waals surface area contributed by atoms with Gasteiger partial charge in [0, 0.05) is 6.54 Å². The van der Waals surface area contributed by atoms with Crippen LogP contribution in [0.4, 0.5) is 0 Å². The Hall–Kier alpha value is -0.570. The van der Waals surface area contributed by atoms with Crippen molar-refractivity contribution in [1.82, 2.24) is 4.90 Å². The van der Waals surface area contributed by atoms with E-state index in [2.05, 4.69) is 4.90 Å². The van der Waals surface area contributed by atoms with Crippen LogP contribution in [0, 0.1) is 5.92 Å². The Morgan fingerprint density at radius 1 is 1.31 bits per heavy atom. The predicted octanol–water partition coefficient (Wildman–Crippen LogP) is 1.04. The van der Waals surface area contributed by atoms with Gasteiger partial charge in [-0.1, -0.05) is 6.42 Å². The van der Waals surface area contributed by atoms with E-state index in [1.807, 2.05) is 0 Å². The Kier molecular flexibility index (Phi) is 2.83. The first kappa shape index (κ1) is 9.00. The van der Waals surface area contributed by atoms with E-state index in [1.54, 1.807) is 0 Å². The molecule has 0 bridgehead atoms. The van der Waals surface area contributed by atoms with E-state index in [0.29, 0.717) is 6.61 Å². The van der Waals surface area contributed by atoms with Crippen LogP contribution in [0.2, 0.25) is 0 Å². The number of rotatable bonds is 2. The van der Waals surface area contributed by atoms with Crippen molar-refractivity contribution in [3.63, 3.8) is 0 Å². The molecule has 3 nitrogen and oxygen atoms in total. The number of carbonyl (C=O) groups excluding carboxylic acids is 1. The first-order valence-electron chi connectivity index (χ1n) is 5.25. The number of carbonyl (C=O) groups is 1. The minimum absolute atomic E-state index is 0.0190. The highest BCUT2D eigenvalue weighted by atomic mass is 16.5. The third-order valence-electron chi connectivity index (χ3n) is 2.97. The molecule has 0 amide bonds. The van der Waals surface area contributed by atoms with Crippen LogP contribution in [-0.4, -0.2) is 37.1 Å². The fraction of sp³-hybridized carbons (Fsp3) is 0.900. The highest BCUT2D eigenvalue weighted by Crippen LogP contribution is 2.18. The number of ether oxygens (including phenoxy) is 1. The first-order valence-corrected chi connectivity index (χ1v) is 5.25. The molecular formula is C10H17NO2. The van der Waals surface area contributed by atoms with Crippen molar-refractivity contribution in [1.29, 1.82) is 0 Å². The van der Waals surface area contributed by atoms with E-state index in [1.165, 1.54) is 32.4 Å². The summed E-state index contributed by atoms with van der Waals surface area (Å²) in [6, 6.07) is 0. The summed E-state index contributed by atoms with van der Waals surface area (Å²) >= 11 is 0. The molecule has 0 aromatic rings. The Morgan fingerprint density at radius 2 is 2.08 bits per heavy atom. The fourth-order valence-electron chi connectivity index (χ4n) is 2.16. The molecular weight excluding hydrogens is 166 g/mol. The summed E-state index contributed by atoms with van der Waals surface area (Å²) in [6.45, 7) is 3.91. The topological polar surface area (TPSA) is 29.5 Å². The maximum atomic E-state index is 11.2. The summed E-state index contributed by atoms with van der Waals surface area (Å²) in [6.07, 6.45) is 4.87. The van der Waals surface area contributed by atoms with E-state index in [0.717, 1.165) is 13.0 Å². The van der Waals surface area contributed by atoms with Gasteiger partial charge in [0.2, 0.25) is 0 Å². The zero-order valence-corrected chi connectivity index (χ0v) is 8.00. The number of cyclic esters (lactones) is 1.